The highest BCUT2D eigenvalue weighted by Gasteiger charge is 2.16. The minimum Gasteiger partial charge on any atom is -0.258 e. The summed E-state index contributed by atoms with van der Waals surface area (Å²) in [7, 11) is 0. The van der Waals surface area contributed by atoms with Crippen LogP contribution in [0.3, 0.4) is 0 Å². The van der Waals surface area contributed by atoms with Gasteiger partial charge in [0.25, 0.3) is 5.69 Å². The summed E-state index contributed by atoms with van der Waals surface area (Å²) in [4.78, 5) is 10.6. The lowest BCUT2D eigenvalue weighted by molar-refractivity contribution is -0.384. The fourth-order valence-corrected chi connectivity index (χ4v) is 1.84. The summed E-state index contributed by atoms with van der Waals surface area (Å²) in [6, 6.07) is 13.8. The van der Waals surface area contributed by atoms with Crippen molar-refractivity contribution in [1.29, 1.82) is 0 Å². The zero-order valence-corrected chi connectivity index (χ0v) is 9.22. The van der Waals surface area contributed by atoms with Crippen molar-refractivity contribution in [2.24, 2.45) is 0 Å². The molecule has 2 aromatic carbocycles. The molecule has 3 aromatic rings. The highest BCUT2D eigenvalue weighted by Crippen LogP contribution is 2.24. The van der Waals surface area contributed by atoms with Crippen molar-refractivity contribution < 1.29 is 4.92 Å². The number of rotatable bonds is 2. The first-order valence-corrected chi connectivity index (χ1v) is 5.31. The van der Waals surface area contributed by atoms with Crippen molar-refractivity contribution in [3.8, 4) is 5.69 Å². The molecule has 0 N–H and O–H groups in total. The fraction of sp³-hybridized carbons (Fsp3) is 0. The number of hydrogen-bond donors (Lipinski definition) is 0. The monoisotopic (exact) mass is 240 g/mol. The maximum Gasteiger partial charge on any atom is 0.294 e. The highest BCUT2D eigenvalue weighted by atomic mass is 16.6. The SMILES string of the molecule is O=[N+]([O-])c1ccccc1-n1nnc2ccccc21. The Morgan fingerprint density at radius 3 is 2.61 bits per heavy atom. The summed E-state index contributed by atoms with van der Waals surface area (Å²) >= 11 is 0. The molecule has 1 heterocycles. The summed E-state index contributed by atoms with van der Waals surface area (Å²) in [6.07, 6.45) is 0. The number of aromatic nitrogens is 3. The van der Waals surface area contributed by atoms with E-state index in [1.165, 1.54) is 10.7 Å². The molecule has 0 aliphatic heterocycles. The Morgan fingerprint density at radius 1 is 1.06 bits per heavy atom. The van der Waals surface area contributed by atoms with Gasteiger partial charge in [-0.05, 0) is 18.2 Å². The Kier molecular flexibility index (Phi) is 2.26. The molecule has 6 heteroatoms. The first-order chi connectivity index (χ1) is 8.77. The van der Waals surface area contributed by atoms with E-state index in [2.05, 4.69) is 10.3 Å². The Bertz CT molecular complexity index is 736. The van der Waals surface area contributed by atoms with E-state index in [-0.39, 0.29) is 5.69 Å². The van der Waals surface area contributed by atoms with Crippen LogP contribution in [0, 0.1) is 10.1 Å². The molecule has 6 nitrogen and oxygen atoms in total. The van der Waals surface area contributed by atoms with Crippen LogP contribution in [0.2, 0.25) is 0 Å². The van der Waals surface area contributed by atoms with Gasteiger partial charge in [-0.3, -0.25) is 10.1 Å². The summed E-state index contributed by atoms with van der Waals surface area (Å²) < 4.78 is 1.48. The van der Waals surface area contributed by atoms with Crippen LogP contribution < -0.4 is 0 Å². The van der Waals surface area contributed by atoms with Crippen molar-refractivity contribution in [3.63, 3.8) is 0 Å². The minimum atomic E-state index is -0.425. The molecule has 0 saturated heterocycles. The normalized spacial score (nSPS) is 10.7. The summed E-state index contributed by atoms with van der Waals surface area (Å²) in [5.74, 6) is 0. The van der Waals surface area contributed by atoms with Gasteiger partial charge in [0.05, 0.1) is 10.4 Å². The van der Waals surface area contributed by atoms with Crippen LogP contribution in [-0.2, 0) is 0 Å². The van der Waals surface area contributed by atoms with E-state index in [1.807, 2.05) is 24.3 Å². The Balaban J connectivity index is 2.30. The molecule has 0 aliphatic rings. The van der Waals surface area contributed by atoms with Crippen molar-refractivity contribution >= 4 is 16.7 Å². The lowest BCUT2D eigenvalue weighted by Gasteiger charge is -2.02. The third-order valence-corrected chi connectivity index (χ3v) is 2.66. The second kappa shape index (κ2) is 3.92. The van der Waals surface area contributed by atoms with Gasteiger partial charge < -0.3 is 0 Å². The Morgan fingerprint density at radius 2 is 1.78 bits per heavy atom. The molecule has 18 heavy (non-hydrogen) atoms. The van der Waals surface area contributed by atoms with Gasteiger partial charge in [-0.15, -0.1) is 5.10 Å². The van der Waals surface area contributed by atoms with Crippen LogP contribution in [0.4, 0.5) is 5.69 Å². The van der Waals surface area contributed by atoms with Crippen LogP contribution in [0.25, 0.3) is 16.7 Å². The molecule has 0 radical (unpaired) electrons. The number of nitro groups is 1. The predicted octanol–water partition coefficient (Wildman–Crippen LogP) is 2.33. The smallest absolute Gasteiger partial charge is 0.258 e. The molecule has 0 aliphatic carbocycles. The topological polar surface area (TPSA) is 73.8 Å². The number of fused-ring (bicyclic) bond motifs is 1. The minimum absolute atomic E-state index is 0.00755. The summed E-state index contributed by atoms with van der Waals surface area (Å²) in [6.45, 7) is 0. The number of hydrogen-bond acceptors (Lipinski definition) is 4. The van der Waals surface area contributed by atoms with Crippen molar-refractivity contribution in [1.82, 2.24) is 15.0 Å². The van der Waals surface area contributed by atoms with Gasteiger partial charge >= 0.3 is 0 Å². The molecular formula is C12H8N4O2. The quantitative estimate of drug-likeness (QED) is 0.509. The molecule has 0 unspecified atom stereocenters. The van der Waals surface area contributed by atoms with Crippen molar-refractivity contribution in [2.45, 2.75) is 0 Å². The van der Waals surface area contributed by atoms with E-state index in [1.54, 1.807) is 18.2 Å². The molecule has 0 atom stereocenters. The summed E-state index contributed by atoms with van der Waals surface area (Å²) in [5.41, 5.74) is 1.87. The van der Waals surface area contributed by atoms with E-state index < -0.39 is 4.92 Å². The molecule has 1 aromatic heterocycles. The number of para-hydroxylation sites is 3. The lowest BCUT2D eigenvalue weighted by Crippen LogP contribution is -2.01. The van der Waals surface area contributed by atoms with Gasteiger partial charge in [-0.25, -0.2) is 4.68 Å². The van der Waals surface area contributed by atoms with Crippen LogP contribution in [0.5, 0.6) is 0 Å². The Labute approximate surface area is 102 Å². The standard InChI is InChI=1S/C12H8N4O2/c17-16(18)12-8-4-3-7-11(12)15-10-6-2-1-5-9(10)13-14-15/h1-8H. The Hall–Kier alpha value is -2.76. The maximum absolute atomic E-state index is 11.0. The van der Waals surface area contributed by atoms with Crippen LogP contribution in [0.1, 0.15) is 0 Å². The van der Waals surface area contributed by atoms with E-state index in [9.17, 15) is 10.1 Å². The molecule has 0 saturated carbocycles. The molecular weight excluding hydrogens is 232 g/mol. The van der Waals surface area contributed by atoms with Crippen LogP contribution >= 0.6 is 0 Å². The fourth-order valence-electron chi connectivity index (χ4n) is 1.84. The molecule has 0 fully saturated rings. The largest absolute Gasteiger partial charge is 0.294 e. The molecule has 0 bridgehead atoms. The van der Waals surface area contributed by atoms with Gasteiger partial charge in [0.2, 0.25) is 0 Å². The average Bonchev–Trinajstić information content (AvgIpc) is 2.82. The maximum atomic E-state index is 11.0. The van der Waals surface area contributed by atoms with Gasteiger partial charge in [0, 0.05) is 6.07 Å². The van der Waals surface area contributed by atoms with Gasteiger partial charge in [-0.2, -0.15) is 0 Å². The first kappa shape index (κ1) is 10.4. The van der Waals surface area contributed by atoms with Crippen LogP contribution in [-0.4, -0.2) is 19.9 Å². The second-order valence-corrected chi connectivity index (χ2v) is 3.74. The second-order valence-electron chi connectivity index (χ2n) is 3.74. The number of nitro benzene ring substituents is 1. The van der Waals surface area contributed by atoms with Gasteiger partial charge in [0.1, 0.15) is 11.2 Å². The van der Waals surface area contributed by atoms with E-state index >= 15 is 0 Å². The lowest BCUT2D eigenvalue weighted by atomic mass is 10.2. The molecule has 3 rings (SSSR count). The molecule has 0 amide bonds. The van der Waals surface area contributed by atoms with E-state index in [0.29, 0.717) is 11.2 Å². The summed E-state index contributed by atoms with van der Waals surface area (Å²) in [5, 5.41) is 19.0. The van der Waals surface area contributed by atoms with E-state index in [0.717, 1.165) is 5.52 Å². The highest BCUT2D eigenvalue weighted by molar-refractivity contribution is 5.77. The van der Waals surface area contributed by atoms with Gasteiger partial charge in [0.15, 0.2) is 0 Å². The van der Waals surface area contributed by atoms with Crippen LogP contribution in [0.15, 0.2) is 48.5 Å². The number of nitrogens with zero attached hydrogens (tertiary/aromatic N) is 4. The van der Waals surface area contributed by atoms with Crippen molar-refractivity contribution in [2.75, 3.05) is 0 Å². The number of benzene rings is 2. The average molecular weight is 240 g/mol. The zero-order valence-electron chi connectivity index (χ0n) is 9.22. The molecule has 0 spiro atoms. The third kappa shape index (κ3) is 1.51. The van der Waals surface area contributed by atoms with E-state index in [4.69, 9.17) is 0 Å². The third-order valence-electron chi connectivity index (χ3n) is 2.66. The van der Waals surface area contributed by atoms with Crippen molar-refractivity contribution in [3.05, 3.63) is 58.6 Å². The van der Waals surface area contributed by atoms with Gasteiger partial charge in [-0.1, -0.05) is 29.5 Å². The first-order valence-electron chi connectivity index (χ1n) is 5.31. The predicted molar refractivity (Wildman–Crippen MR) is 65.5 cm³/mol. The zero-order chi connectivity index (χ0) is 12.5. The molecule has 88 valence electrons.